The molecular weight excluding hydrogens is 264 g/mol. The predicted octanol–water partition coefficient (Wildman–Crippen LogP) is -0.751. The van der Waals surface area contributed by atoms with Crippen LogP contribution < -0.4 is 10.8 Å². The van der Waals surface area contributed by atoms with E-state index in [9.17, 15) is 19.5 Å². The molecule has 0 aliphatic heterocycles. The van der Waals surface area contributed by atoms with E-state index >= 15 is 0 Å². The number of rotatable bonds is 6. The highest BCUT2D eigenvalue weighted by Gasteiger charge is 2.24. The van der Waals surface area contributed by atoms with Gasteiger partial charge in [-0.05, 0) is 5.56 Å². The van der Waals surface area contributed by atoms with E-state index in [1.54, 1.807) is 24.3 Å². The van der Waals surface area contributed by atoms with Gasteiger partial charge in [-0.3, -0.25) is 4.79 Å². The number of carboxylic acids is 1. The number of carbonyl (C=O) groups excluding carboxylic acids is 3. The Balaban J connectivity index is 2.60. The van der Waals surface area contributed by atoms with E-state index in [0.29, 0.717) is 0 Å². The number of aliphatic carboxylic acids is 1. The molecule has 0 unspecified atom stereocenters. The Labute approximate surface area is 115 Å². The molecule has 1 rings (SSSR count). The van der Waals surface area contributed by atoms with Crippen molar-refractivity contribution in [2.75, 3.05) is 7.05 Å². The summed E-state index contributed by atoms with van der Waals surface area (Å²) >= 11 is 0. The fourth-order valence-corrected chi connectivity index (χ4v) is 1.52. The molecule has 2 amide bonds. The summed E-state index contributed by atoms with van der Waals surface area (Å²) in [5.41, 5.74) is 5.68. The number of likely N-dealkylation sites (N-methyl/N-ethyl adjacent to an activating group) is 1. The van der Waals surface area contributed by atoms with Gasteiger partial charge < -0.3 is 25.3 Å². The smallest absolute Gasteiger partial charge is 0.410 e. The fraction of sp³-hybridized carbons (Fsp3) is 0.308. The van der Waals surface area contributed by atoms with E-state index in [0.717, 1.165) is 10.5 Å². The van der Waals surface area contributed by atoms with Crippen molar-refractivity contribution < 1.29 is 24.2 Å². The molecule has 108 valence electrons. The van der Waals surface area contributed by atoms with Crippen LogP contribution in [0.25, 0.3) is 0 Å². The molecule has 0 radical (unpaired) electrons. The van der Waals surface area contributed by atoms with E-state index in [2.05, 4.69) is 0 Å². The largest absolute Gasteiger partial charge is 0.548 e. The number of nitrogens with zero attached hydrogens (tertiary/aromatic N) is 1. The summed E-state index contributed by atoms with van der Waals surface area (Å²) in [5.74, 6) is -2.41. The predicted molar refractivity (Wildman–Crippen MR) is 67.0 cm³/mol. The van der Waals surface area contributed by atoms with Crippen molar-refractivity contribution in [2.24, 2.45) is 5.73 Å². The van der Waals surface area contributed by atoms with Crippen molar-refractivity contribution >= 4 is 18.0 Å². The Bertz CT molecular complexity index is 489. The molecule has 7 nitrogen and oxygen atoms in total. The molecule has 0 fully saturated rings. The van der Waals surface area contributed by atoms with E-state index in [1.165, 1.54) is 7.05 Å². The highest BCUT2D eigenvalue weighted by Crippen LogP contribution is 2.06. The van der Waals surface area contributed by atoms with Crippen LogP contribution in [0.3, 0.4) is 0 Å². The number of nitrogens with two attached hydrogens (primary N) is 1. The van der Waals surface area contributed by atoms with E-state index < -0.39 is 30.4 Å². The van der Waals surface area contributed by atoms with Crippen molar-refractivity contribution in [3.8, 4) is 0 Å². The Morgan fingerprint density at radius 3 is 2.40 bits per heavy atom. The van der Waals surface area contributed by atoms with Gasteiger partial charge >= 0.3 is 6.09 Å². The number of hydrogen-bond acceptors (Lipinski definition) is 5. The number of carboxylic acid groups (broad SMARTS) is 1. The monoisotopic (exact) mass is 279 g/mol. The molecule has 0 aromatic heterocycles. The molecule has 0 saturated carbocycles. The van der Waals surface area contributed by atoms with Gasteiger partial charge in [-0.1, -0.05) is 30.3 Å². The number of primary amides is 1. The van der Waals surface area contributed by atoms with Gasteiger partial charge in [-0.15, -0.1) is 0 Å². The maximum Gasteiger partial charge on any atom is 0.410 e. The van der Waals surface area contributed by atoms with Crippen LogP contribution in [0.1, 0.15) is 12.0 Å². The summed E-state index contributed by atoms with van der Waals surface area (Å²) in [6.07, 6.45) is -1.40. The van der Waals surface area contributed by atoms with Crippen LogP contribution in [-0.4, -0.2) is 36.0 Å². The lowest BCUT2D eigenvalue weighted by atomic mass is 10.2. The van der Waals surface area contributed by atoms with Crippen molar-refractivity contribution in [1.29, 1.82) is 0 Å². The summed E-state index contributed by atoms with van der Waals surface area (Å²) in [5, 5.41) is 10.9. The first-order valence-electron chi connectivity index (χ1n) is 5.84. The molecule has 1 aromatic carbocycles. The zero-order valence-corrected chi connectivity index (χ0v) is 10.9. The minimum Gasteiger partial charge on any atom is -0.548 e. The summed E-state index contributed by atoms with van der Waals surface area (Å²) in [4.78, 5) is 34.1. The molecule has 0 spiro atoms. The molecule has 0 heterocycles. The highest BCUT2D eigenvalue weighted by atomic mass is 16.6. The Kier molecular flexibility index (Phi) is 5.52. The first kappa shape index (κ1) is 15.5. The Morgan fingerprint density at radius 2 is 1.90 bits per heavy atom. The van der Waals surface area contributed by atoms with Crippen LogP contribution >= 0.6 is 0 Å². The molecule has 1 atom stereocenters. The number of ether oxygens (including phenoxy) is 1. The third-order valence-electron chi connectivity index (χ3n) is 2.63. The van der Waals surface area contributed by atoms with Gasteiger partial charge in [0.15, 0.2) is 0 Å². The van der Waals surface area contributed by atoms with Gasteiger partial charge in [0, 0.05) is 7.05 Å². The Morgan fingerprint density at radius 1 is 1.30 bits per heavy atom. The Hall–Kier alpha value is -2.57. The van der Waals surface area contributed by atoms with Crippen LogP contribution in [0.5, 0.6) is 0 Å². The van der Waals surface area contributed by atoms with Crippen molar-refractivity contribution in [3.63, 3.8) is 0 Å². The average Bonchev–Trinajstić information content (AvgIpc) is 2.42. The summed E-state index contributed by atoms with van der Waals surface area (Å²) in [7, 11) is 1.21. The summed E-state index contributed by atoms with van der Waals surface area (Å²) in [6.45, 7) is 0.000350. The van der Waals surface area contributed by atoms with Gasteiger partial charge in [0.05, 0.1) is 18.4 Å². The topological polar surface area (TPSA) is 113 Å². The van der Waals surface area contributed by atoms with Gasteiger partial charge in [0.25, 0.3) is 0 Å². The second-order valence-electron chi connectivity index (χ2n) is 4.16. The van der Waals surface area contributed by atoms with Crippen LogP contribution in [0.2, 0.25) is 0 Å². The van der Waals surface area contributed by atoms with Crippen LogP contribution in [0.15, 0.2) is 30.3 Å². The van der Waals surface area contributed by atoms with Crippen molar-refractivity contribution in [2.45, 2.75) is 19.1 Å². The minimum atomic E-state index is -1.57. The molecule has 0 saturated heterocycles. The number of amides is 2. The van der Waals surface area contributed by atoms with Crippen LogP contribution in [0, 0.1) is 0 Å². The zero-order valence-electron chi connectivity index (χ0n) is 10.9. The fourth-order valence-electron chi connectivity index (χ4n) is 1.52. The summed E-state index contributed by atoms with van der Waals surface area (Å²) in [6, 6.07) is 7.44. The lowest BCUT2D eigenvalue weighted by Gasteiger charge is -2.27. The third kappa shape index (κ3) is 4.60. The average molecular weight is 279 g/mol. The maximum absolute atomic E-state index is 11.7. The highest BCUT2D eigenvalue weighted by molar-refractivity contribution is 5.85. The molecule has 0 aliphatic carbocycles. The molecule has 1 aromatic rings. The maximum atomic E-state index is 11.7. The molecule has 2 N–H and O–H groups in total. The van der Waals surface area contributed by atoms with Gasteiger partial charge in [0.1, 0.15) is 6.61 Å². The SMILES string of the molecule is CN(C(=O)OCc1ccccc1)[C@H](CC(N)=O)C(=O)[O-]. The molecular formula is C13H15N2O5-. The van der Waals surface area contributed by atoms with E-state index in [-0.39, 0.29) is 6.61 Å². The van der Waals surface area contributed by atoms with Crippen molar-refractivity contribution in [3.05, 3.63) is 35.9 Å². The third-order valence-corrected chi connectivity index (χ3v) is 2.63. The quantitative estimate of drug-likeness (QED) is 0.736. The number of benzene rings is 1. The van der Waals surface area contributed by atoms with E-state index in [1.807, 2.05) is 6.07 Å². The van der Waals surface area contributed by atoms with Crippen molar-refractivity contribution in [1.82, 2.24) is 4.90 Å². The summed E-state index contributed by atoms with van der Waals surface area (Å²) < 4.78 is 4.95. The van der Waals surface area contributed by atoms with Crippen LogP contribution in [0.4, 0.5) is 4.79 Å². The zero-order chi connectivity index (χ0) is 15.1. The lowest BCUT2D eigenvalue weighted by Crippen LogP contribution is -2.50. The number of carbonyl (C=O) groups is 3. The van der Waals surface area contributed by atoms with Crippen LogP contribution in [-0.2, 0) is 20.9 Å². The standard InChI is InChI=1S/C13H16N2O5/c1-15(10(12(17)18)7-11(14)16)13(19)20-8-9-5-3-2-4-6-9/h2-6,10H,7-8H2,1H3,(H2,14,16)(H,17,18)/p-1/t10-/m1/s1. The van der Waals surface area contributed by atoms with Gasteiger partial charge in [-0.2, -0.15) is 0 Å². The first-order chi connectivity index (χ1) is 9.41. The normalized spacial score (nSPS) is 11.4. The lowest BCUT2D eigenvalue weighted by molar-refractivity contribution is -0.310. The minimum absolute atomic E-state index is 0.000350. The second-order valence-corrected chi connectivity index (χ2v) is 4.16. The molecule has 0 aliphatic rings. The molecule has 0 bridgehead atoms. The first-order valence-corrected chi connectivity index (χ1v) is 5.84. The molecule has 20 heavy (non-hydrogen) atoms. The number of hydrogen-bond donors (Lipinski definition) is 1. The second kappa shape index (κ2) is 7.13. The van der Waals surface area contributed by atoms with Gasteiger partial charge in [0.2, 0.25) is 5.91 Å². The van der Waals surface area contributed by atoms with E-state index in [4.69, 9.17) is 10.5 Å². The van der Waals surface area contributed by atoms with Gasteiger partial charge in [-0.25, -0.2) is 4.79 Å². The molecule has 7 heteroatoms.